The van der Waals surface area contributed by atoms with Gasteiger partial charge >= 0.3 is 5.97 Å². The maximum atomic E-state index is 11.0. The van der Waals surface area contributed by atoms with E-state index in [2.05, 4.69) is 6.92 Å². The monoisotopic (exact) mass is 186 g/mol. The van der Waals surface area contributed by atoms with Gasteiger partial charge in [0.2, 0.25) is 0 Å². The van der Waals surface area contributed by atoms with E-state index >= 15 is 0 Å². The molecule has 0 aliphatic heterocycles. The second-order valence-corrected chi connectivity index (χ2v) is 3.71. The lowest BCUT2D eigenvalue weighted by Crippen LogP contribution is -2.38. The first-order valence-electron chi connectivity index (χ1n) is 5.08. The molecule has 0 atom stereocenters. The van der Waals surface area contributed by atoms with Crippen LogP contribution in [0.2, 0.25) is 0 Å². The summed E-state index contributed by atoms with van der Waals surface area (Å²) in [5, 5.41) is 9.04. The van der Waals surface area contributed by atoms with E-state index in [1.54, 1.807) is 0 Å². The Hall–Kier alpha value is -0.570. The van der Waals surface area contributed by atoms with E-state index < -0.39 is 11.6 Å². The Morgan fingerprint density at radius 1 is 1.46 bits per heavy atom. The predicted molar refractivity (Wildman–Crippen MR) is 49.7 cm³/mol. The van der Waals surface area contributed by atoms with Crippen LogP contribution in [0, 0.1) is 0 Å². The van der Waals surface area contributed by atoms with E-state index in [0.29, 0.717) is 19.4 Å². The molecule has 0 amide bonds. The van der Waals surface area contributed by atoms with Crippen LogP contribution in [0.4, 0.5) is 0 Å². The fraction of sp³-hybridized carbons (Fsp3) is 0.900. The van der Waals surface area contributed by atoms with Gasteiger partial charge in [-0.3, -0.25) is 0 Å². The van der Waals surface area contributed by atoms with Crippen molar-refractivity contribution < 1.29 is 14.6 Å². The molecule has 0 heterocycles. The van der Waals surface area contributed by atoms with Crippen molar-refractivity contribution in [1.29, 1.82) is 0 Å². The molecule has 0 radical (unpaired) electrons. The van der Waals surface area contributed by atoms with Crippen molar-refractivity contribution in [1.82, 2.24) is 0 Å². The molecule has 1 aliphatic rings. The predicted octanol–water partition coefficient (Wildman–Crippen LogP) is 2.20. The summed E-state index contributed by atoms with van der Waals surface area (Å²) in [7, 11) is 0. The highest BCUT2D eigenvalue weighted by Crippen LogP contribution is 2.33. The normalized spacial score (nSPS) is 20.4. The third-order valence-electron chi connectivity index (χ3n) is 2.68. The van der Waals surface area contributed by atoms with Crippen molar-refractivity contribution >= 4 is 5.97 Å². The fourth-order valence-corrected chi connectivity index (χ4v) is 1.78. The number of aliphatic carboxylic acids is 1. The van der Waals surface area contributed by atoms with Gasteiger partial charge in [-0.1, -0.05) is 13.3 Å². The molecular weight excluding hydrogens is 168 g/mol. The number of hydrogen-bond donors (Lipinski definition) is 1. The number of carboxylic acids is 1. The highest BCUT2D eigenvalue weighted by molar-refractivity contribution is 5.77. The van der Waals surface area contributed by atoms with Crippen LogP contribution in [0.15, 0.2) is 0 Å². The minimum Gasteiger partial charge on any atom is -0.479 e. The Labute approximate surface area is 79.1 Å². The second kappa shape index (κ2) is 4.61. The third-order valence-corrected chi connectivity index (χ3v) is 2.68. The molecule has 3 heteroatoms. The van der Waals surface area contributed by atoms with Gasteiger partial charge in [0.25, 0.3) is 0 Å². The highest BCUT2D eigenvalue weighted by atomic mass is 16.5. The molecule has 1 saturated carbocycles. The summed E-state index contributed by atoms with van der Waals surface area (Å²) in [6, 6.07) is 0. The van der Waals surface area contributed by atoms with Crippen molar-refractivity contribution in [3.05, 3.63) is 0 Å². The average Bonchev–Trinajstić information content (AvgIpc) is 2.55. The summed E-state index contributed by atoms with van der Waals surface area (Å²) in [6.07, 6.45) is 5.35. The maximum absolute atomic E-state index is 11.0. The molecule has 0 bridgehead atoms. The minimum absolute atomic E-state index is 0.586. The zero-order chi connectivity index (χ0) is 9.73. The molecule has 1 aliphatic carbocycles. The largest absolute Gasteiger partial charge is 0.479 e. The molecule has 76 valence electrons. The molecule has 0 spiro atoms. The van der Waals surface area contributed by atoms with Gasteiger partial charge in [0.1, 0.15) is 0 Å². The van der Waals surface area contributed by atoms with Gasteiger partial charge in [-0.25, -0.2) is 4.79 Å². The summed E-state index contributed by atoms with van der Waals surface area (Å²) in [4.78, 5) is 11.0. The van der Waals surface area contributed by atoms with Crippen LogP contribution >= 0.6 is 0 Å². The second-order valence-electron chi connectivity index (χ2n) is 3.71. The van der Waals surface area contributed by atoms with E-state index in [9.17, 15) is 4.79 Å². The number of carbonyl (C=O) groups is 1. The maximum Gasteiger partial charge on any atom is 0.335 e. The molecule has 1 fully saturated rings. The topological polar surface area (TPSA) is 46.5 Å². The molecule has 0 aromatic carbocycles. The van der Waals surface area contributed by atoms with Crippen LogP contribution in [-0.2, 0) is 9.53 Å². The molecule has 1 N–H and O–H groups in total. The van der Waals surface area contributed by atoms with Crippen LogP contribution in [-0.4, -0.2) is 23.3 Å². The Kier molecular flexibility index (Phi) is 3.72. The van der Waals surface area contributed by atoms with Crippen molar-refractivity contribution in [2.24, 2.45) is 0 Å². The quantitative estimate of drug-likeness (QED) is 0.669. The van der Waals surface area contributed by atoms with Gasteiger partial charge in [-0.05, 0) is 32.1 Å². The first-order chi connectivity index (χ1) is 6.21. The highest BCUT2D eigenvalue weighted by Gasteiger charge is 2.42. The van der Waals surface area contributed by atoms with Crippen molar-refractivity contribution in [2.45, 2.75) is 51.0 Å². The van der Waals surface area contributed by atoms with E-state index in [1.165, 1.54) is 0 Å². The molecule has 0 unspecified atom stereocenters. The smallest absolute Gasteiger partial charge is 0.335 e. The molecule has 0 aromatic rings. The van der Waals surface area contributed by atoms with Gasteiger partial charge in [0.05, 0.1) is 0 Å². The average molecular weight is 186 g/mol. The van der Waals surface area contributed by atoms with Crippen LogP contribution in [0.5, 0.6) is 0 Å². The first-order valence-corrected chi connectivity index (χ1v) is 5.08. The van der Waals surface area contributed by atoms with Crippen LogP contribution in [0.1, 0.15) is 45.4 Å². The SMILES string of the molecule is CCCCOC1(C(=O)O)CCCC1. The number of unbranched alkanes of at least 4 members (excludes halogenated alkanes) is 1. The van der Waals surface area contributed by atoms with E-state index in [0.717, 1.165) is 25.7 Å². The Bertz CT molecular complexity index is 171. The molecular formula is C10H18O3. The summed E-state index contributed by atoms with van der Waals surface area (Å²) in [5.41, 5.74) is -0.838. The van der Waals surface area contributed by atoms with Crippen LogP contribution < -0.4 is 0 Å². The van der Waals surface area contributed by atoms with Crippen molar-refractivity contribution in [2.75, 3.05) is 6.61 Å². The molecule has 3 nitrogen and oxygen atoms in total. The molecule has 13 heavy (non-hydrogen) atoms. The summed E-state index contributed by atoms with van der Waals surface area (Å²) in [6.45, 7) is 2.66. The van der Waals surface area contributed by atoms with Gasteiger partial charge in [-0.2, -0.15) is 0 Å². The van der Waals surface area contributed by atoms with Gasteiger partial charge < -0.3 is 9.84 Å². The number of rotatable bonds is 5. The summed E-state index contributed by atoms with van der Waals surface area (Å²) >= 11 is 0. The lowest BCUT2D eigenvalue weighted by Gasteiger charge is -2.24. The zero-order valence-corrected chi connectivity index (χ0v) is 8.21. The zero-order valence-electron chi connectivity index (χ0n) is 8.21. The van der Waals surface area contributed by atoms with Crippen molar-refractivity contribution in [3.63, 3.8) is 0 Å². The van der Waals surface area contributed by atoms with Crippen LogP contribution in [0.3, 0.4) is 0 Å². The van der Waals surface area contributed by atoms with Gasteiger partial charge in [0, 0.05) is 6.61 Å². The third kappa shape index (κ3) is 2.44. The standard InChI is InChI=1S/C10H18O3/c1-2-3-8-13-10(9(11)12)6-4-5-7-10/h2-8H2,1H3,(H,11,12). The number of hydrogen-bond acceptors (Lipinski definition) is 2. The van der Waals surface area contributed by atoms with Gasteiger partial charge in [0.15, 0.2) is 5.60 Å². The van der Waals surface area contributed by atoms with Gasteiger partial charge in [-0.15, -0.1) is 0 Å². The Morgan fingerprint density at radius 3 is 2.54 bits per heavy atom. The molecule has 0 aromatic heterocycles. The number of ether oxygens (including phenoxy) is 1. The lowest BCUT2D eigenvalue weighted by molar-refractivity contribution is -0.165. The summed E-state index contributed by atoms with van der Waals surface area (Å²) < 4.78 is 5.49. The number of carboxylic acid groups (broad SMARTS) is 1. The lowest BCUT2D eigenvalue weighted by atomic mass is 10.0. The molecule has 1 rings (SSSR count). The molecule has 0 saturated heterocycles. The van der Waals surface area contributed by atoms with E-state index in [-0.39, 0.29) is 0 Å². The van der Waals surface area contributed by atoms with E-state index in [1.807, 2.05) is 0 Å². The van der Waals surface area contributed by atoms with Crippen LogP contribution in [0.25, 0.3) is 0 Å². The first kappa shape index (κ1) is 10.5. The fourth-order valence-electron chi connectivity index (χ4n) is 1.78. The van der Waals surface area contributed by atoms with E-state index in [4.69, 9.17) is 9.84 Å². The Morgan fingerprint density at radius 2 is 2.08 bits per heavy atom. The minimum atomic E-state index is -0.838. The van der Waals surface area contributed by atoms with Crippen molar-refractivity contribution in [3.8, 4) is 0 Å². The summed E-state index contributed by atoms with van der Waals surface area (Å²) in [5.74, 6) is -0.777. The Balaban J connectivity index is 2.43.